The van der Waals surface area contributed by atoms with Crippen LogP contribution in [0.4, 0.5) is 5.82 Å². The molecule has 1 aromatic carbocycles. The van der Waals surface area contributed by atoms with Gasteiger partial charge in [0, 0.05) is 12.6 Å². The molecule has 0 aliphatic carbocycles. The Kier molecular flexibility index (Phi) is 4.80. The second-order valence-electron chi connectivity index (χ2n) is 4.95. The van der Waals surface area contributed by atoms with Crippen LogP contribution >= 0.6 is 11.8 Å². The van der Waals surface area contributed by atoms with E-state index in [0.717, 1.165) is 11.7 Å². The number of carbonyl (C=O) groups is 1. The van der Waals surface area contributed by atoms with Gasteiger partial charge >= 0.3 is 5.69 Å². The van der Waals surface area contributed by atoms with Crippen LogP contribution in [0.1, 0.15) is 0 Å². The maximum absolute atomic E-state index is 12.1. The van der Waals surface area contributed by atoms with Crippen molar-refractivity contribution in [2.24, 2.45) is 4.99 Å². The summed E-state index contributed by atoms with van der Waals surface area (Å²) in [6.07, 6.45) is 0. The zero-order chi connectivity index (χ0) is 16.9. The first-order valence-corrected chi connectivity index (χ1v) is 8.25. The van der Waals surface area contributed by atoms with Crippen molar-refractivity contribution >= 4 is 28.7 Å². The fourth-order valence-corrected chi connectivity index (χ4v) is 2.93. The lowest BCUT2D eigenvalue weighted by Gasteiger charge is -2.12. The van der Waals surface area contributed by atoms with E-state index in [4.69, 9.17) is 0 Å². The largest absolute Gasteiger partial charge is 0.363 e. The van der Waals surface area contributed by atoms with Gasteiger partial charge in [-0.05, 0) is 12.1 Å². The van der Waals surface area contributed by atoms with Crippen LogP contribution in [-0.2, 0) is 4.79 Å². The number of aromatic nitrogens is 2. The minimum atomic E-state index is -0.613. The van der Waals surface area contributed by atoms with Crippen LogP contribution < -0.4 is 21.9 Å². The number of benzene rings is 1. The molecular weight excluding hydrogens is 330 g/mol. The van der Waals surface area contributed by atoms with Gasteiger partial charge in [0.25, 0.3) is 5.56 Å². The number of carbonyl (C=O) groups excluding carboxylic acids is 1. The summed E-state index contributed by atoms with van der Waals surface area (Å²) in [6, 6.07) is 9.94. The third-order valence-corrected chi connectivity index (χ3v) is 4.16. The second-order valence-corrected chi connectivity index (χ2v) is 5.91. The highest BCUT2D eigenvalue weighted by Gasteiger charge is 2.13. The Labute approximate surface area is 141 Å². The number of aliphatic imine (C=N–C) groups is 1. The Hall–Kier alpha value is -2.81. The van der Waals surface area contributed by atoms with Gasteiger partial charge in [-0.3, -0.25) is 19.6 Å². The van der Waals surface area contributed by atoms with Crippen LogP contribution in [0.15, 0.2) is 51.0 Å². The Balaban J connectivity index is 1.83. The smallest absolute Gasteiger partial charge is 0.334 e. The molecule has 0 radical (unpaired) electrons. The van der Waals surface area contributed by atoms with Gasteiger partial charge in [0.05, 0.1) is 18.0 Å². The Bertz CT molecular complexity index is 888. The highest BCUT2D eigenvalue weighted by atomic mass is 32.2. The molecule has 124 valence electrons. The van der Waals surface area contributed by atoms with E-state index in [1.165, 1.54) is 22.4 Å². The molecule has 0 saturated heterocycles. The zero-order valence-corrected chi connectivity index (χ0v) is 13.4. The SMILES string of the molecule is O=C(CSC1=NCCN1)Nc1cc(=O)[nH]c(=O)n1-c1ccccc1. The van der Waals surface area contributed by atoms with Crippen LogP contribution in [0.2, 0.25) is 0 Å². The Morgan fingerprint density at radius 2 is 2.08 bits per heavy atom. The molecule has 1 amide bonds. The minimum absolute atomic E-state index is 0.127. The molecule has 24 heavy (non-hydrogen) atoms. The number of hydrogen-bond donors (Lipinski definition) is 3. The van der Waals surface area contributed by atoms with Crippen molar-refractivity contribution in [2.75, 3.05) is 24.2 Å². The van der Waals surface area contributed by atoms with Crippen molar-refractivity contribution in [1.82, 2.24) is 14.9 Å². The van der Waals surface area contributed by atoms with Crippen LogP contribution in [0.3, 0.4) is 0 Å². The molecule has 3 rings (SSSR count). The molecule has 0 bridgehead atoms. The van der Waals surface area contributed by atoms with Crippen molar-refractivity contribution in [3.63, 3.8) is 0 Å². The molecule has 0 fully saturated rings. The predicted molar refractivity (Wildman–Crippen MR) is 94.1 cm³/mol. The Morgan fingerprint density at radius 3 is 2.79 bits per heavy atom. The predicted octanol–water partition coefficient (Wildman–Crippen LogP) is 0.157. The molecule has 0 unspecified atom stereocenters. The van der Waals surface area contributed by atoms with Gasteiger partial charge in [0.2, 0.25) is 5.91 Å². The summed E-state index contributed by atoms with van der Waals surface area (Å²) in [5, 5.41) is 6.39. The van der Waals surface area contributed by atoms with E-state index < -0.39 is 11.2 Å². The van der Waals surface area contributed by atoms with Crippen LogP contribution in [0.5, 0.6) is 0 Å². The van der Waals surface area contributed by atoms with Gasteiger partial charge in [-0.2, -0.15) is 0 Å². The fraction of sp³-hybridized carbons (Fsp3) is 0.200. The summed E-state index contributed by atoms with van der Waals surface area (Å²) >= 11 is 1.27. The van der Waals surface area contributed by atoms with Gasteiger partial charge in [0.1, 0.15) is 5.82 Å². The van der Waals surface area contributed by atoms with Gasteiger partial charge < -0.3 is 10.6 Å². The first-order chi connectivity index (χ1) is 11.6. The molecule has 3 N–H and O–H groups in total. The first kappa shape index (κ1) is 16.1. The molecule has 2 heterocycles. The van der Waals surface area contributed by atoms with E-state index in [1.54, 1.807) is 24.3 Å². The standard InChI is InChI=1S/C15H15N5O3S/c21-12-8-11(18-13(22)9-24-14-16-6-7-17-14)20(15(23)19-12)10-4-2-1-3-5-10/h1-5,8H,6-7,9H2,(H,16,17)(H,18,22)(H,19,21,23). The van der Waals surface area contributed by atoms with Gasteiger partial charge in [-0.1, -0.05) is 30.0 Å². The number of anilines is 1. The topological polar surface area (TPSA) is 108 Å². The lowest BCUT2D eigenvalue weighted by atomic mass is 10.3. The summed E-state index contributed by atoms with van der Waals surface area (Å²) in [6.45, 7) is 1.47. The average molecular weight is 345 g/mol. The molecule has 0 saturated carbocycles. The highest BCUT2D eigenvalue weighted by molar-refractivity contribution is 8.14. The summed E-state index contributed by atoms with van der Waals surface area (Å²) < 4.78 is 1.25. The van der Waals surface area contributed by atoms with E-state index in [1.807, 2.05) is 6.07 Å². The fourth-order valence-electron chi connectivity index (χ4n) is 2.21. The maximum atomic E-state index is 12.1. The summed E-state index contributed by atoms with van der Waals surface area (Å²) in [5.41, 5.74) is -0.640. The summed E-state index contributed by atoms with van der Waals surface area (Å²) in [4.78, 5) is 42.2. The third-order valence-electron chi connectivity index (χ3n) is 3.21. The number of rotatable bonds is 4. The highest BCUT2D eigenvalue weighted by Crippen LogP contribution is 2.12. The quantitative estimate of drug-likeness (QED) is 0.731. The lowest BCUT2D eigenvalue weighted by molar-refractivity contribution is -0.113. The Morgan fingerprint density at radius 1 is 1.29 bits per heavy atom. The maximum Gasteiger partial charge on any atom is 0.334 e. The zero-order valence-electron chi connectivity index (χ0n) is 12.6. The van der Waals surface area contributed by atoms with E-state index in [-0.39, 0.29) is 17.5 Å². The monoisotopic (exact) mass is 345 g/mol. The van der Waals surface area contributed by atoms with Crippen LogP contribution in [0, 0.1) is 0 Å². The normalized spacial score (nSPS) is 13.2. The van der Waals surface area contributed by atoms with Crippen LogP contribution in [0.25, 0.3) is 5.69 Å². The molecule has 1 aromatic heterocycles. The van der Waals surface area contributed by atoms with Crippen molar-refractivity contribution in [2.45, 2.75) is 0 Å². The van der Waals surface area contributed by atoms with E-state index in [0.29, 0.717) is 12.2 Å². The molecule has 1 aliphatic heterocycles. The van der Waals surface area contributed by atoms with E-state index in [9.17, 15) is 14.4 Å². The van der Waals surface area contributed by atoms with Crippen molar-refractivity contribution < 1.29 is 4.79 Å². The molecular formula is C15H15N5O3S. The molecule has 1 aliphatic rings. The lowest BCUT2D eigenvalue weighted by Crippen LogP contribution is -2.32. The summed E-state index contributed by atoms with van der Waals surface area (Å²) in [7, 11) is 0. The number of aromatic amines is 1. The third kappa shape index (κ3) is 3.74. The molecule has 0 spiro atoms. The van der Waals surface area contributed by atoms with Crippen molar-refractivity contribution in [3.8, 4) is 5.69 Å². The molecule has 8 nitrogen and oxygen atoms in total. The van der Waals surface area contributed by atoms with E-state index >= 15 is 0 Å². The number of hydrogen-bond acceptors (Lipinski definition) is 6. The number of nitrogens with zero attached hydrogens (tertiary/aromatic N) is 2. The number of para-hydroxylation sites is 1. The van der Waals surface area contributed by atoms with E-state index in [2.05, 4.69) is 20.6 Å². The molecule has 9 heteroatoms. The summed E-state index contributed by atoms with van der Waals surface area (Å²) in [5.74, 6) is -0.0744. The second kappa shape index (κ2) is 7.18. The average Bonchev–Trinajstić information content (AvgIpc) is 3.07. The number of amides is 1. The minimum Gasteiger partial charge on any atom is -0.363 e. The van der Waals surface area contributed by atoms with Crippen LogP contribution in [-0.4, -0.2) is 39.5 Å². The van der Waals surface area contributed by atoms with Crippen molar-refractivity contribution in [1.29, 1.82) is 0 Å². The van der Waals surface area contributed by atoms with Gasteiger partial charge in [0.15, 0.2) is 5.17 Å². The van der Waals surface area contributed by atoms with Crippen molar-refractivity contribution in [3.05, 3.63) is 57.2 Å². The molecule has 0 atom stereocenters. The number of nitrogens with one attached hydrogen (secondary N) is 3. The first-order valence-electron chi connectivity index (χ1n) is 7.26. The van der Waals surface area contributed by atoms with Gasteiger partial charge in [-0.15, -0.1) is 0 Å². The van der Waals surface area contributed by atoms with Gasteiger partial charge in [-0.25, -0.2) is 9.36 Å². The number of thioether (sulfide) groups is 1. The number of H-pyrrole nitrogens is 1. The molecule has 2 aromatic rings. The number of amidine groups is 1.